The first-order valence-corrected chi connectivity index (χ1v) is 14.8. The Morgan fingerprint density at radius 3 is 2.10 bits per heavy atom. The topological polar surface area (TPSA) is 60.4 Å². The summed E-state index contributed by atoms with van der Waals surface area (Å²) in [5.41, 5.74) is -4.20. The van der Waals surface area contributed by atoms with Crippen molar-refractivity contribution in [3.63, 3.8) is 0 Å². The molecule has 0 aromatic rings. The molecule has 7 heteroatoms. The maximum absolute atomic E-state index is 14.3. The number of allylic oxidation sites excluding steroid dienone is 4. The van der Waals surface area contributed by atoms with Crippen molar-refractivity contribution in [2.45, 2.75) is 113 Å². The van der Waals surface area contributed by atoms with E-state index in [1.54, 1.807) is 26.8 Å². The third-order valence-corrected chi connectivity index (χ3v) is 12.2. The van der Waals surface area contributed by atoms with Gasteiger partial charge in [0.25, 0.3) is 0 Å². The summed E-state index contributed by atoms with van der Waals surface area (Å²) < 4.78 is 48.2. The van der Waals surface area contributed by atoms with Crippen LogP contribution >= 0.6 is 0 Å². The Hall–Kier alpha value is -1.92. The van der Waals surface area contributed by atoms with E-state index in [4.69, 9.17) is 4.74 Å². The number of fused-ring (bicyclic) bond motifs is 2. The van der Waals surface area contributed by atoms with Crippen molar-refractivity contribution in [2.24, 2.45) is 44.3 Å². The van der Waals surface area contributed by atoms with Gasteiger partial charge in [0.05, 0.1) is 18.1 Å². The van der Waals surface area contributed by atoms with Gasteiger partial charge >= 0.3 is 12.1 Å². The first kappa shape index (κ1) is 31.0. The number of methoxy groups -OCH3 is 1. The van der Waals surface area contributed by atoms with E-state index in [0.29, 0.717) is 31.3 Å². The summed E-state index contributed by atoms with van der Waals surface area (Å²) in [4.78, 5) is 39.2. The van der Waals surface area contributed by atoms with Crippen molar-refractivity contribution >= 4 is 17.5 Å². The number of ether oxygens (including phenoxy) is 1. The highest BCUT2D eigenvalue weighted by molar-refractivity contribution is 6.02. The molecule has 0 amide bonds. The number of esters is 1. The summed E-state index contributed by atoms with van der Waals surface area (Å²) in [6, 6.07) is 0. The maximum Gasteiger partial charge on any atom is 0.419 e. The van der Waals surface area contributed by atoms with Gasteiger partial charge in [-0.15, -0.1) is 0 Å². The molecule has 3 saturated carbocycles. The number of ketones is 2. The van der Waals surface area contributed by atoms with Crippen LogP contribution in [0.3, 0.4) is 0 Å². The molecule has 0 aromatic heterocycles. The van der Waals surface area contributed by atoms with Crippen LogP contribution in [0.15, 0.2) is 23.3 Å². The minimum Gasteiger partial charge on any atom is -0.469 e. The zero-order chi connectivity index (χ0) is 30.3. The first-order valence-electron chi connectivity index (χ1n) is 14.8. The molecule has 4 nitrogen and oxygen atoms in total. The minimum absolute atomic E-state index is 0.0706. The van der Waals surface area contributed by atoms with Crippen LogP contribution in [0, 0.1) is 44.3 Å². The number of carbonyl (C=O) groups is 3. The number of halogens is 3. The summed E-state index contributed by atoms with van der Waals surface area (Å²) in [5, 5.41) is 0. The second-order valence-corrected chi connectivity index (χ2v) is 15.5. The summed E-state index contributed by atoms with van der Waals surface area (Å²) in [7, 11) is 1.45. The molecular formula is C33H47F3O4. The van der Waals surface area contributed by atoms with Crippen LogP contribution in [0.2, 0.25) is 0 Å². The molecule has 0 aliphatic heterocycles. The standard InChI is InChI=1S/C33H47F3O4/c1-20(37)16-24-30(7)19-22(33(34,35)36)25(38)28(4,5)23(30)10-11-31(24,8)29(6)13-15-32(26(39)40-9)14-12-27(2,3)17-21(32)18-29/h16,19,21,23H,10-15,17-18H2,1-9H3/b24-16-/t21?,23-,29+,30-,31+,32-/m0/s1. The van der Waals surface area contributed by atoms with E-state index in [1.165, 1.54) is 14.0 Å². The van der Waals surface area contributed by atoms with Gasteiger partial charge in [-0.2, -0.15) is 13.2 Å². The van der Waals surface area contributed by atoms with E-state index >= 15 is 0 Å². The SMILES string of the molecule is COC(=O)[C@]12CCC(C)(C)CC1C[C@](C)([C@]1(C)CC[C@H]3C(C)(C)C(=O)C(C(F)(F)F)=C[C@]3(C)/C1=C/C(C)=O)CC2. The van der Waals surface area contributed by atoms with E-state index < -0.39 is 39.2 Å². The summed E-state index contributed by atoms with van der Waals surface area (Å²) >= 11 is 0. The molecule has 4 aliphatic carbocycles. The van der Waals surface area contributed by atoms with Crippen molar-refractivity contribution in [3.05, 3.63) is 23.3 Å². The summed E-state index contributed by atoms with van der Waals surface area (Å²) in [5.74, 6) is -1.52. The Kier molecular flexibility index (Phi) is 7.21. The molecule has 224 valence electrons. The highest BCUT2D eigenvalue weighted by Gasteiger charge is 2.66. The normalized spacial score (nSPS) is 42.0. The van der Waals surface area contributed by atoms with E-state index in [1.807, 2.05) is 0 Å². The molecule has 0 heterocycles. The molecule has 0 saturated heterocycles. The molecule has 6 atom stereocenters. The van der Waals surface area contributed by atoms with Gasteiger partial charge in [-0.1, -0.05) is 60.1 Å². The Morgan fingerprint density at radius 1 is 0.950 bits per heavy atom. The van der Waals surface area contributed by atoms with Gasteiger partial charge in [-0.3, -0.25) is 14.4 Å². The van der Waals surface area contributed by atoms with Crippen LogP contribution in [0.5, 0.6) is 0 Å². The van der Waals surface area contributed by atoms with Gasteiger partial charge < -0.3 is 4.74 Å². The minimum atomic E-state index is -4.78. The molecule has 0 spiro atoms. The summed E-state index contributed by atoms with van der Waals surface area (Å²) in [6.45, 7) is 15.3. The lowest BCUT2D eigenvalue weighted by atomic mass is 9.38. The Bertz CT molecular complexity index is 1180. The van der Waals surface area contributed by atoms with Gasteiger partial charge in [0, 0.05) is 10.8 Å². The third kappa shape index (κ3) is 4.43. The van der Waals surface area contributed by atoms with Gasteiger partial charge in [0.2, 0.25) is 0 Å². The predicted octanol–water partition coefficient (Wildman–Crippen LogP) is 8.20. The molecule has 0 bridgehead atoms. The lowest BCUT2D eigenvalue weighted by Gasteiger charge is -2.65. The van der Waals surface area contributed by atoms with Gasteiger partial charge in [-0.25, -0.2) is 0 Å². The van der Waals surface area contributed by atoms with E-state index in [9.17, 15) is 27.6 Å². The van der Waals surface area contributed by atoms with E-state index in [0.717, 1.165) is 31.8 Å². The van der Waals surface area contributed by atoms with Gasteiger partial charge in [-0.05, 0) is 92.4 Å². The molecule has 0 N–H and O–H groups in total. The van der Waals surface area contributed by atoms with Crippen molar-refractivity contribution in [1.82, 2.24) is 0 Å². The fourth-order valence-corrected chi connectivity index (χ4v) is 9.71. The second-order valence-electron chi connectivity index (χ2n) is 15.5. The molecule has 0 aromatic carbocycles. The number of hydrogen-bond acceptors (Lipinski definition) is 4. The molecule has 4 rings (SSSR count). The largest absolute Gasteiger partial charge is 0.469 e. The maximum atomic E-state index is 14.3. The number of rotatable bonds is 3. The van der Waals surface area contributed by atoms with Crippen LogP contribution in [-0.4, -0.2) is 30.8 Å². The Morgan fingerprint density at radius 2 is 1.55 bits per heavy atom. The molecular weight excluding hydrogens is 517 g/mol. The molecule has 0 radical (unpaired) electrons. The van der Waals surface area contributed by atoms with Gasteiger partial charge in [0.15, 0.2) is 11.6 Å². The number of alkyl halides is 3. The number of carbonyl (C=O) groups excluding carboxylic acids is 3. The average molecular weight is 565 g/mol. The number of hydrogen-bond donors (Lipinski definition) is 0. The van der Waals surface area contributed by atoms with Crippen LogP contribution in [0.25, 0.3) is 0 Å². The van der Waals surface area contributed by atoms with E-state index in [2.05, 4.69) is 27.7 Å². The van der Waals surface area contributed by atoms with Gasteiger partial charge in [0.1, 0.15) is 0 Å². The molecule has 40 heavy (non-hydrogen) atoms. The molecule has 3 fully saturated rings. The fourth-order valence-electron chi connectivity index (χ4n) is 9.71. The van der Waals surface area contributed by atoms with Crippen LogP contribution in [0.1, 0.15) is 107 Å². The zero-order valence-electron chi connectivity index (χ0n) is 25.7. The monoisotopic (exact) mass is 564 g/mol. The molecule has 4 aliphatic rings. The van der Waals surface area contributed by atoms with Crippen LogP contribution in [-0.2, 0) is 19.1 Å². The highest BCUT2D eigenvalue weighted by atomic mass is 19.4. The van der Waals surface area contributed by atoms with Crippen molar-refractivity contribution in [2.75, 3.05) is 7.11 Å². The lowest BCUT2D eigenvalue weighted by Crippen LogP contribution is -2.59. The Labute approximate surface area is 237 Å². The first-order chi connectivity index (χ1) is 18.1. The van der Waals surface area contributed by atoms with Crippen molar-refractivity contribution in [1.29, 1.82) is 0 Å². The van der Waals surface area contributed by atoms with Crippen LogP contribution in [0.4, 0.5) is 13.2 Å². The van der Waals surface area contributed by atoms with E-state index in [-0.39, 0.29) is 34.4 Å². The number of Topliss-reactive ketones (excluding diaryl/α,β-unsaturated/α-hetero) is 1. The quantitative estimate of drug-likeness (QED) is 0.256. The Balaban J connectivity index is 1.88. The fraction of sp³-hybridized carbons (Fsp3) is 0.788. The zero-order valence-corrected chi connectivity index (χ0v) is 25.7. The lowest BCUT2D eigenvalue weighted by molar-refractivity contribution is -0.174. The van der Waals surface area contributed by atoms with Crippen molar-refractivity contribution in [3.8, 4) is 0 Å². The van der Waals surface area contributed by atoms with Crippen LogP contribution < -0.4 is 0 Å². The van der Waals surface area contributed by atoms with Crippen molar-refractivity contribution < 1.29 is 32.3 Å². The smallest absolute Gasteiger partial charge is 0.419 e. The average Bonchev–Trinajstić information content (AvgIpc) is 2.82. The summed E-state index contributed by atoms with van der Waals surface area (Å²) in [6.07, 6.45) is 3.87. The highest BCUT2D eigenvalue weighted by Crippen LogP contribution is 2.71. The second kappa shape index (κ2) is 9.29. The third-order valence-electron chi connectivity index (χ3n) is 12.2. The molecule has 1 unspecified atom stereocenters. The predicted molar refractivity (Wildman–Crippen MR) is 148 cm³/mol.